The number of aryl methyl sites for hydroxylation is 1. The Morgan fingerprint density at radius 1 is 1.41 bits per heavy atom. The molecule has 0 spiro atoms. The van der Waals surface area contributed by atoms with Crippen LogP contribution < -0.4 is 5.32 Å². The van der Waals surface area contributed by atoms with Gasteiger partial charge in [0.15, 0.2) is 0 Å². The molecule has 0 amide bonds. The minimum absolute atomic E-state index is 0.763. The van der Waals surface area contributed by atoms with Gasteiger partial charge in [0, 0.05) is 10.9 Å². The molecular weight excluding hydrogens is 226 g/mol. The van der Waals surface area contributed by atoms with Gasteiger partial charge in [-0.3, -0.25) is 0 Å². The summed E-state index contributed by atoms with van der Waals surface area (Å²) in [7, 11) is 0. The van der Waals surface area contributed by atoms with E-state index in [1.807, 2.05) is 11.3 Å². The first-order valence-electron chi connectivity index (χ1n) is 7.16. The fraction of sp³-hybridized carbons (Fsp3) is 0.733. The van der Waals surface area contributed by atoms with Crippen LogP contribution in [0.2, 0.25) is 0 Å². The third-order valence-electron chi connectivity index (χ3n) is 3.91. The summed E-state index contributed by atoms with van der Waals surface area (Å²) in [6.07, 6.45) is 9.64. The van der Waals surface area contributed by atoms with Crippen LogP contribution in [0.25, 0.3) is 0 Å². The molecule has 1 aromatic rings. The average Bonchev–Trinajstić information content (AvgIpc) is 3.01. The van der Waals surface area contributed by atoms with E-state index in [9.17, 15) is 0 Å². The molecule has 0 radical (unpaired) electrons. The molecule has 1 unspecified atom stereocenters. The predicted molar refractivity (Wildman–Crippen MR) is 76.7 cm³/mol. The summed E-state index contributed by atoms with van der Waals surface area (Å²) in [5.74, 6) is 0.946. The first-order chi connectivity index (χ1) is 8.40. The third kappa shape index (κ3) is 4.11. The lowest BCUT2D eigenvalue weighted by Gasteiger charge is -2.24. The first kappa shape index (κ1) is 13.1. The molecule has 96 valence electrons. The SMILES string of the molecule is CCCNC(CCc1cccs1)C1CCCC1. The van der Waals surface area contributed by atoms with Crippen molar-refractivity contribution in [2.45, 2.75) is 57.9 Å². The van der Waals surface area contributed by atoms with E-state index in [1.165, 1.54) is 51.5 Å². The molecule has 1 N–H and O–H groups in total. The van der Waals surface area contributed by atoms with Crippen molar-refractivity contribution in [2.24, 2.45) is 5.92 Å². The monoisotopic (exact) mass is 251 g/mol. The topological polar surface area (TPSA) is 12.0 Å². The van der Waals surface area contributed by atoms with Crippen LogP contribution in [0.4, 0.5) is 0 Å². The number of hydrogen-bond donors (Lipinski definition) is 1. The molecule has 1 atom stereocenters. The molecule has 2 rings (SSSR count). The summed E-state index contributed by atoms with van der Waals surface area (Å²) >= 11 is 1.90. The number of thiophene rings is 1. The van der Waals surface area contributed by atoms with Gasteiger partial charge < -0.3 is 5.32 Å². The van der Waals surface area contributed by atoms with Crippen LogP contribution in [0.3, 0.4) is 0 Å². The van der Waals surface area contributed by atoms with Gasteiger partial charge in [0.25, 0.3) is 0 Å². The second kappa shape index (κ2) is 7.17. The van der Waals surface area contributed by atoms with Crippen molar-refractivity contribution < 1.29 is 0 Å². The standard InChI is InChI=1S/C15H25NS/c1-2-11-16-15(13-6-3-4-7-13)10-9-14-8-5-12-17-14/h5,8,12-13,15-16H,2-4,6-7,9-11H2,1H3. The normalized spacial score (nSPS) is 18.6. The molecular formula is C15H25NS. The highest BCUT2D eigenvalue weighted by Gasteiger charge is 2.24. The molecule has 1 saturated carbocycles. The minimum atomic E-state index is 0.763. The Balaban J connectivity index is 1.81. The zero-order chi connectivity index (χ0) is 11.9. The number of rotatable bonds is 7. The number of nitrogens with one attached hydrogen (secondary N) is 1. The first-order valence-corrected chi connectivity index (χ1v) is 8.04. The third-order valence-corrected chi connectivity index (χ3v) is 4.84. The van der Waals surface area contributed by atoms with E-state index in [4.69, 9.17) is 0 Å². The molecule has 1 heterocycles. The minimum Gasteiger partial charge on any atom is -0.314 e. The Morgan fingerprint density at radius 3 is 2.88 bits per heavy atom. The van der Waals surface area contributed by atoms with Gasteiger partial charge in [-0.2, -0.15) is 0 Å². The van der Waals surface area contributed by atoms with Gasteiger partial charge in [-0.15, -0.1) is 11.3 Å². The van der Waals surface area contributed by atoms with Gasteiger partial charge in [-0.25, -0.2) is 0 Å². The van der Waals surface area contributed by atoms with Crippen LogP contribution in [0.5, 0.6) is 0 Å². The molecule has 17 heavy (non-hydrogen) atoms. The Kier molecular flexibility index (Phi) is 5.53. The largest absolute Gasteiger partial charge is 0.314 e. The Labute approximate surface area is 110 Å². The second-order valence-corrected chi connectivity index (χ2v) is 6.26. The molecule has 0 aromatic carbocycles. The van der Waals surface area contributed by atoms with E-state index in [0.29, 0.717) is 0 Å². The quantitative estimate of drug-likeness (QED) is 0.764. The van der Waals surface area contributed by atoms with E-state index in [0.717, 1.165) is 12.0 Å². The van der Waals surface area contributed by atoms with Crippen LogP contribution in [0, 0.1) is 5.92 Å². The summed E-state index contributed by atoms with van der Waals surface area (Å²) in [6, 6.07) is 5.21. The highest BCUT2D eigenvalue weighted by Crippen LogP contribution is 2.30. The van der Waals surface area contributed by atoms with Crippen LogP contribution in [-0.2, 0) is 6.42 Å². The van der Waals surface area contributed by atoms with Crippen molar-refractivity contribution in [1.82, 2.24) is 5.32 Å². The smallest absolute Gasteiger partial charge is 0.00987 e. The van der Waals surface area contributed by atoms with E-state index in [1.54, 1.807) is 4.88 Å². The summed E-state index contributed by atoms with van der Waals surface area (Å²) in [5.41, 5.74) is 0. The maximum Gasteiger partial charge on any atom is 0.00987 e. The van der Waals surface area contributed by atoms with Gasteiger partial charge in [-0.05, 0) is 56.0 Å². The summed E-state index contributed by atoms with van der Waals surface area (Å²) in [4.78, 5) is 1.55. The molecule has 1 fully saturated rings. The summed E-state index contributed by atoms with van der Waals surface area (Å²) < 4.78 is 0. The highest BCUT2D eigenvalue weighted by atomic mass is 32.1. The van der Waals surface area contributed by atoms with Crippen molar-refractivity contribution >= 4 is 11.3 Å². The van der Waals surface area contributed by atoms with E-state index < -0.39 is 0 Å². The Bertz CT molecular complexity index is 288. The molecule has 2 heteroatoms. The van der Waals surface area contributed by atoms with E-state index in [2.05, 4.69) is 29.8 Å². The Morgan fingerprint density at radius 2 is 2.24 bits per heavy atom. The molecule has 0 aliphatic heterocycles. The molecule has 0 saturated heterocycles. The van der Waals surface area contributed by atoms with Gasteiger partial charge in [0.05, 0.1) is 0 Å². The van der Waals surface area contributed by atoms with Crippen molar-refractivity contribution in [3.63, 3.8) is 0 Å². The fourth-order valence-electron chi connectivity index (χ4n) is 2.95. The fourth-order valence-corrected chi connectivity index (χ4v) is 3.67. The molecule has 0 bridgehead atoms. The lowest BCUT2D eigenvalue weighted by atomic mass is 9.93. The lowest BCUT2D eigenvalue weighted by molar-refractivity contribution is 0.341. The lowest BCUT2D eigenvalue weighted by Crippen LogP contribution is -2.36. The molecule has 1 aliphatic rings. The molecule has 1 nitrogen and oxygen atoms in total. The van der Waals surface area contributed by atoms with Crippen LogP contribution in [0.1, 0.15) is 50.3 Å². The molecule has 1 aromatic heterocycles. The maximum absolute atomic E-state index is 3.78. The summed E-state index contributed by atoms with van der Waals surface area (Å²) in [5, 5.41) is 5.97. The predicted octanol–water partition coefficient (Wildman–Crippen LogP) is 4.24. The van der Waals surface area contributed by atoms with E-state index in [-0.39, 0.29) is 0 Å². The number of hydrogen-bond acceptors (Lipinski definition) is 2. The van der Waals surface area contributed by atoms with Crippen LogP contribution >= 0.6 is 11.3 Å². The Hall–Kier alpha value is -0.340. The van der Waals surface area contributed by atoms with Crippen LogP contribution in [-0.4, -0.2) is 12.6 Å². The van der Waals surface area contributed by atoms with Gasteiger partial charge in [-0.1, -0.05) is 25.8 Å². The molecule has 1 aliphatic carbocycles. The van der Waals surface area contributed by atoms with Gasteiger partial charge in [0.2, 0.25) is 0 Å². The van der Waals surface area contributed by atoms with Crippen molar-refractivity contribution in [3.8, 4) is 0 Å². The van der Waals surface area contributed by atoms with Crippen molar-refractivity contribution in [2.75, 3.05) is 6.54 Å². The maximum atomic E-state index is 3.78. The second-order valence-electron chi connectivity index (χ2n) is 5.22. The zero-order valence-electron chi connectivity index (χ0n) is 11.0. The van der Waals surface area contributed by atoms with Crippen LogP contribution in [0.15, 0.2) is 17.5 Å². The van der Waals surface area contributed by atoms with E-state index >= 15 is 0 Å². The van der Waals surface area contributed by atoms with Gasteiger partial charge in [0.1, 0.15) is 0 Å². The van der Waals surface area contributed by atoms with Gasteiger partial charge >= 0.3 is 0 Å². The highest BCUT2D eigenvalue weighted by molar-refractivity contribution is 7.09. The summed E-state index contributed by atoms with van der Waals surface area (Å²) in [6.45, 7) is 3.45. The van der Waals surface area contributed by atoms with Crippen molar-refractivity contribution in [3.05, 3.63) is 22.4 Å². The zero-order valence-corrected chi connectivity index (χ0v) is 11.8. The van der Waals surface area contributed by atoms with Crippen molar-refractivity contribution in [1.29, 1.82) is 0 Å². The average molecular weight is 251 g/mol.